The number of hydrogen-bond donors (Lipinski definition) is 2. The molecule has 0 bridgehead atoms. The average molecular weight is 430 g/mol. The number of aliphatic hydroxyl groups is 1. The van der Waals surface area contributed by atoms with Crippen LogP contribution in [0.15, 0.2) is 36.4 Å². The molecule has 2 aliphatic rings. The van der Waals surface area contributed by atoms with Gasteiger partial charge in [-0.1, -0.05) is 17.7 Å². The van der Waals surface area contributed by atoms with Crippen molar-refractivity contribution in [2.75, 3.05) is 36.4 Å². The van der Waals surface area contributed by atoms with Crippen LogP contribution >= 0.6 is 11.6 Å². The van der Waals surface area contributed by atoms with E-state index in [0.29, 0.717) is 42.4 Å². The van der Waals surface area contributed by atoms with E-state index in [2.05, 4.69) is 10.2 Å². The zero-order valence-corrected chi connectivity index (χ0v) is 17.5. The van der Waals surface area contributed by atoms with Gasteiger partial charge < -0.3 is 25.0 Å². The number of ether oxygens (including phenoxy) is 1. The first-order valence-corrected chi connectivity index (χ1v) is 10.3. The standard InChI is InChI=1S/C22H24ClN3O4/c1-14-12-25(18-4-5-19(23)16(8-18)13-27)6-7-26(14)21(28)11-24-17-3-2-15-9-22(29)30-20(15)10-17/h2-5,8,10,14,24,27H,6-7,9,11-13H2,1H3/t14-/m1/s1. The second-order valence-corrected chi connectivity index (χ2v) is 8.05. The number of piperazine rings is 1. The third kappa shape index (κ3) is 4.22. The van der Waals surface area contributed by atoms with Gasteiger partial charge in [0.25, 0.3) is 0 Å². The Morgan fingerprint density at radius 1 is 1.27 bits per heavy atom. The minimum absolute atomic E-state index is 0.0202. The summed E-state index contributed by atoms with van der Waals surface area (Å²) in [5.74, 6) is 0.327. The molecule has 7 nitrogen and oxygen atoms in total. The Bertz CT molecular complexity index is 981. The van der Waals surface area contributed by atoms with Crippen molar-refractivity contribution in [3.05, 3.63) is 52.5 Å². The number of benzene rings is 2. The number of fused-ring (bicyclic) bond motifs is 1. The van der Waals surface area contributed by atoms with E-state index in [1.807, 2.05) is 36.1 Å². The van der Waals surface area contributed by atoms with E-state index in [1.54, 1.807) is 12.1 Å². The number of nitrogens with one attached hydrogen (secondary N) is 1. The van der Waals surface area contributed by atoms with Gasteiger partial charge in [0.15, 0.2) is 0 Å². The van der Waals surface area contributed by atoms with Crippen LogP contribution in [-0.4, -0.2) is 54.1 Å². The molecule has 4 rings (SSSR count). The number of carbonyl (C=O) groups excluding carboxylic acids is 2. The first-order valence-electron chi connectivity index (χ1n) is 9.96. The fourth-order valence-electron chi connectivity index (χ4n) is 3.94. The number of hydrogen-bond acceptors (Lipinski definition) is 6. The van der Waals surface area contributed by atoms with E-state index in [-0.39, 0.29) is 31.1 Å². The summed E-state index contributed by atoms with van der Waals surface area (Å²) in [4.78, 5) is 28.2. The fourth-order valence-corrected chi connectivity index (χ4v) is 4.12. The summed E-state index contributed by atoms with van der Waals surface area (Å²) in [6.07, 6.45) is 0.295. The molecule has 1 amide bonds. The number of halogens is 1. The number of esters is 1. The second-order valence-electron chi connectivity index (χ2n) is 7.64. The van der Waals surface area contributed by atoms with Crippen LogP contribution in [0.25, 0.3) is 0 Å². The molecule has 1 saturated heterocycles. The van der Waals surface area contributed by atoms with Crippen LogP contribution in [0.5, 0.6) is 5.75 Å². The largest absolute Gasteiger partial charge is 0.426 e. The molecule has 30 heavy (non-hydrogen) atoms. The molecule has 2 aromatic rings. The van der Waals surface area contributed by atoms with E-state index in [1.165, 1.54) is 0 Å². The Morgan fingerprint density at radius 3 is 2.87 bits per heavy atom. The van der Waals surface area contributed by atoms with E-state index in [9.17, 15) is 14.7 Å². The summed E-state index contributed by atoms with van der Waals surface area (Å²) in [6.45, 7) is 4.12. The van der Waals surface area contributed by atoms with Gasteiger partial charge in [-0.3, -0.25) is 9.59 Å². The van der Waals surface area contributed by atoms with Crippen LogP contribution in [0.4, 0.5) is 11.4 Å². The minimum Gasteiger partial charge on any atom is -0.426 e. The van der Waals surface area contributed by atoms with E-state index < -0.39 is 0 Å². The van der Waals surface area contributed by atoms with Crippen molar-refractivity contribution in [3.8, 4) is 5.75 Å². The number of carbonyl (C=O) groups is 2. The van der Waals surface area contributed by atoms with Gasteiger partial charge in [-0.25, -0.2) is 0 Å². The molecule has 0 aromatic heterocycles. The lowest BCUT2D eigenvalue weighted by molar-refractivity contribution is -0.132. The van der Waals surface area contributed by atoms with Crippen molar-refractivity contribution in [1.82, 2.24) is 4.90 Å². The van der Waals surface area contributed by atoms with E-state index >= 15 is 0 Å². The van der Waals surface area contributed by atoms with Crippen molar-refractivity contribution in [2.24, 2.45) is 0 Å². The minimum atomic E-state index is -0.253. The van der Waals surface area contributed by atoms with Crippen LogP contribution < -0.4 is 15.0 Å². The monoisotopic (exact) mass is 429 g/mol. The predicted molar refractivity (Wildman–Crippen MR) is 115 cm³/mol. The van der Waals surface area contributed by atoms with Gasteiger partial charge in [0, 0.05) is 53.7 Å². The molecule has 1 atom stereocenters. The zero-order chi connectivity index (χ0) is 21.3. The Morgan fingerprint density at radius 2 is 2.10 bits per heavy atom. The second kappa shape index (κ2) is 8.53. The molecule has 0 unspecified atom stereocenters. The van der Waals surface area contributed by atoms with Crippen LogP contribution in [-0.2, 0) is 22.6 Å². The van der Waals surface area contributed by atoms with Gasteiger partial charge in [-0.2, -0.15) is 0 Å². The highest BCUT2D eigenvalue weighted by Crippen LogP contribution is 2.29. The molecular formula is C22H24ClN3O4. The number of anilines is 2. The molecule has 1 fully saturated rings. The first-order chi connectivity index (χ1) is 14.4. The Labute approximate surface area is 180 Å². The predicted octanol–water partition coefficient (Wildman–Crippen LogP) is 2.44. The third-order valence-electron chi connectivity index (χ3n) is 5.58. The van der Waals surface area contributed by atoms with Crippen molar-refractivity contribution >= 4 is 34.9 Å². The maximum atomic E-state index is 12.8. The Hall–Kier alpha value is -2.77. The molecule has 2 aliphatic heterocycles. The van der Waals surface area contributed by atoms with E-state index in [4.69, 9.17) is 16.3 Å². The maximum absolute atomic E-state index is 12.8. The summed E-state index contributed by atoms with van der Waals surface area (Å²) >= 11 is 6.09. The van der Waals surface area contributed by atoms with Gasteiger partial charge in [-0.15, -0.1) is 0 Å². The molecule has 0 spiro atoms. The molecule has 0 aliphatic carbocycles. The van der Waals surface area contributed by atoms with Gasteiger partial charge >= 0.3 is 5.97 Å². The normalized spacial score (nSPS) is 18.2. The number of nitrogens with zero attached hydrogens (tertiary/aromatic N) is 2. The van der Waals surface area contributed by atoms with Gasteiger partial charge in [0.05, 0.1) is 19.6 Å². The highest BCUT2D eigenvalue weighted by atomic mass is 35.5. The molecule has 2 heterocycles. The number of aliphatic hydroxyl groups excluding tert-OH is 1. The molecule has 0 saturated carbocycles. The highest BCUT2D eigenvalue weighted by Gasteiger charge is 2.28. The number of amides is 1. The summed E-state index contributed by atoms with van der Waals surface area (Å²) in [5.41, 5.74) is 3.31. The van der Waals surface area contributed by atoms with Crippen molar-refractivity contribution in [3.63, 3.8) is 0 Å². The molecule has 8 heteroatoms. The van der Waals surface area contributed by atoms with Gasteiger partial charge in [0.1, 0.15) is 5.75 Å². The quantitative estimate of drug-likeness (QED) is 0.561. The summed E-state index contributed by atoms with van der Waals surface area (Å²) in [5, 5.41) is 13.1. The van der Waals surface area contributed by atoms with Crippen LogP contribution in [0.3, 0.4) is 0 Å². The molecule has 2 N–H and O–H groups in total. The lowest BCUT2D eigenvalue weighted by Crippen LogP contribution is -2.55. The fraction of sp³-hybridized carbons (Fsp3) is 0.364. The number of rotatable bonds is 5. The zero-order valence-electron chi connectivity index (χ0n) is 16.7. The summed E-state index contributed by atoms with van der Waals surface area (Å²) in [6, 6.07) is 11.1. The van der Waals surface area contributed by atoms with Crippen LogP contribution in [0.1, 0.15) is 18.1 Å². The topological polar surface area (TPSA) is 82.1 Å². The van der Waals surface area contributed by atoms with Crippen LogP contribution in [0.2, 0.25) is 5.02 Å². The lowest BCUT2D eigenvalue weighted by Gasteiger charge is -2.41. The molecule has 158 valence electrons. The lowest BCUT2D eigenvalue weighted by atomic mass is 10.1. The smallest absolute Gasteiger partial charge is 0.315 e. The first kappa shape index (κ1) is 20.5. The molecular weight excluding hydrogens is 406 g/mol. The summed E-state index contributed by atoms with van der Waals surface area (Å²) < 4.78 is 5.16. The summed E-state index contributed by atoms with van der Waals surface area (Å²) in [7, 11) is 0. The maximum Gasteiger partial charge on any atom is 0.315 e. The van der Waals surface area contributed by atoms with Gasteiger partial charge in [0.2, 0.25) is 5.91 Å². The van der Waals surface area contributed by atoms with Crippen LogP contribution in [0, 0.1) is 0 Å². The van der Waals surface area contributed by atoms with Gasteiger partial charge in [-0.05, 0) is 36.8 Å². The Kier molecular flexibility index (Phi) is 5.83. The molecule has 2 aromatic carbocycles. The average Bonchev–Trinajstić information content (AvgIpc) is 3.11. The highest BCUT2D eigenvalue weighted by molar-refractivity contribution is 6.31. The third-order valence-corrected chi connectivity index (χ3v) is 5.95. The van der Waals surface area contributed by atoms with Crippen molar-refractivity contribution in [1.29, 1.82) is 0 Å². The Balaban J connectivity index is 1.34. The van der Waals surface area contributed by atoms with Crippen molar-refractivity contribution in [2.45, 2.75) is 26.0 Å². The SMILES string of the molecule is C[C@@H]1CN(c2ccc(Cl)c(CO)c2)CCN1C(=O)CNc1ccc2c(c1)OC(=O)C2. The van der Waals surface area contributed by atoms with Crippen molar-refractivity contribution < 1.29 is 19.4 Å². The molecule has 0 radical (unpaired) electrons. The van der Waals surface area contributed by atoms with E-state index in [0.717, 1.165) is 16.9 Å².